The van der Waals surface area contributed by atoms with Gasteiger partial charge in [0, 0.05) is 24.2 Å². The highest BCUT2D eigenvalue weighted by Crippen LogP contribution is 2.23. The fourth-order valence-corrected chi connectivity index (χ4v) is 2.89. The van der Waals surface area contributed by atoms with Gasteiger partial charge in [-0.3, -0.25) is 0 Å². The van der Waals surface area contributed by atoms with Crippen LogP contribution in [0.1, 0.15) is 25.7 Å². The molecule has 1 aliphatic rings. The van der Waals surface area contributed by atoms with Crippen molar-refractivity contribution in [2.24, 2.45) is 5.92 Å². The van der Waals surface area contributed by atoms with E-state index >= 15 is 0 Å². The topological polar surface area (TPSA) is 61.7 Å². The zero-order chi connectivity index (χ0) is 15.1. The zero-order valence-electron chi connectivity index (χ0n) is 12.2. The molecule has 3 N–H and O–H groups in total. The van der Waals surface area contributed by atoms with E-state index in [0.29, 0.717) is 29.3 Å². The van der Waals surface area contributed by atoms with Crippen LogP contribution in [-0.4, -0.2) is 42.1 Å². The Morgan fingerprint density at radius 1 is 1.24 bits per heavy atom. The fraction of sp³-hybridized carbons (Fsp3) is 0.625. The molecule has 4 nitrogen and oxygen atoms in total. The summed E-state index contributed by atoms with van der Waals surface area (Å²) in [5, 5.41) is 23.4. The van der Waals surface area contributed by atoms with Crippen LogP contribution in [-0.2, 0) is 0 Å². The second-order valence-corrected chi connectivity index (χ2v) is 6.10. The van der Waals surface area contributed by atoms with Gasteiger partial charge in [0.15, 0.2) is 0 Å². The lowest BCUT2D eigenvalue weighted by Gasteiger charge is -2.31. The molecule has 1 aliphatic carbocycles. The van der Waals surface area contributed by atoms with Gasteiger partial charge in [-0.1, -0.05) is 24.4 Å². The molecular formula is C16H24ClNO3. The van der Waals surface area contributed by atoms with Gasteiger partial charge >= 0.3 is 0 Å². The lowest BCUT2D eigenvalue weighted by atomic mass is 9.85. The second-order valence-electron chi connectivity index (χ2n) is 5.66. The zero-order valence-corrected chi connectivity index (χ0v) is 12.9. The molecule has 0 amide bonds. The van der Waals surface area contributed by atoms with Crippen LogP contribution in [0.5, 0.6) is 5.75 Å². The van der Waals surface area contributed by atoms with E-state index in [2.05, 4.69) is 5.32 Å². The first-order valence-corrected chi connectivity index (χ1v) is 7.97. The molecule has 21 heavy (non-hydrogen) atoms. The number of aliphatic hydroxyl groups is 2. The Morgan fingerprint density at radius 3 is 2.67 bits per heavy atom. The minimum absolute atomic E-state index is 0.217. The summed E-state index contributed by atoms with van der Waals surface area (Å²) in [5.41, 5.74) is 0. The van der Waals surface area contributed by atoms with Crippen molar-refractivity contribution in [2.45, 2.75) is 37.8 Å². The lowest BCUT2D eigenvalue weighted by molar-refractivity contribution is 0.0906. The SMILES string of the molecule is OCC1CCCCC1NCC(O)COc1ccc(Cl)cc1. The molecule has 0 radical (unpaired) electrons. The quantitative estimate of drug-likeness (QED) is 0.722. The van der Waals surface area contributed by atoms with Crippen molar-refractivity contribution >= 4 is 11.6 Å². The molecule has 0 saturated heterocycles. The summed E-state index contributed by atoms with van der Waals surface area (Å²) in [5.74, 6) is 1.01. The van der Waals surface area contributed by atoms with Crippen molar-refractivity contribution in [3.63, 3.8) is 0 Å². The minimum Gasteiger partial charge on any atom is -0.491 e. The first-order chi connectivity index (χ1) is 10.2. The molecule has 1 saturated carbocycles. The minimum atomic E-state index is -0.568. The predicted octanol–water partition coefficient (Wildman–Crippen LogP) is 2.22. The first kappa shape index (κ1) is 16.6. The Bertz CT molecular complexity index is 412. The Balaban J connectivity index is 1.69. The molecule has 2 rings (SSSR count). The Morgan fingerprint density at radius 2 is 1.95 bits per heavy atom. The van der Waals surface area contributed by atoms with Crippen LogP contribution in [0.25, 0.3) is 0 Å². The van der Waals surface area contributed by atoms with Crippen LogP contribution in [0.3, 0.4) is 0 Å². The Labute approximate surface area is 131 Å². The molecular weight excluding hydrogens is 290 g/mol. The van der Waals surface area contributed by atoms with Crippen molar-refractivity contribution in [1.82, 2.24) is 5.32 Å². The predicted molar refractivity (Wildman–Crippen MR) is 83.8 cm³/mol. The van der Waals surface area contributed by atoms with Gasteiger partial charge in [0.25, 0.3) is 0 Å². The average molecular weight is 314 g/mol. The van der Waals surface area contributed by atoms with Crippen LogP contribution in [0.4, 0.5) is 0 Å². The third kappa shape index (κ3) is 5.47. The molecule has 1 aromatic rings. The van der Waals surface area contributed by atoms with Gasteiger partial charge in [-0.25, -0.2) is 0 Å². The maximum Gasteiger partial charge on any atom is 0.119 e. The van der Waals surface area contributed by atoms with Crippen LogP contribution in [0, 0.1) is 5.92 Å². The van der Waals surface area contributed by atoms with E-state index in [1.165, 1.54) is 12.8 Å². The lowest BCUT2D eigenvalue weighted by Crippen LogP contribution is -2.44. The molecule has 5 heteroatoms. The van der Waals surface area contributed by atoms with E-state index < -0.39 is 6.10 Å². The molecule has 0 aromatic heterocycles. The average Bonchev–Trinajstić information content (AvgIpc) is 2.52. The third-order valence-corrected chi connectivity index (χ3v) is 4.27. The highest BCUT2D eigenvalue weighted by atomic mass is 35.5. The van der Waals surface area contributed by atoms with Crippen LogP contribution in [0.2, 0.25) is 5.02 Å². The molecule has 0 bridgehead atoms. The van der Waals surface area contributed by atoms with Crippen molar-refractivity contribution in [1.29, 1.82) is 0 Å². The van der Waals surface area contributed by atoms with E-state index in [0.717, 1.165) is 12.8 Å². The highest BCUT2D eigenvalue weighted by molar-refractivity contribution is 6.30. The van der Waals surface area contributed by atoms with Gasteiger partial charge in [-0.15, -0.1) is 0 Å². The summed E-state index contributed by atoms with van der Waals surface area (Å²) >= 11 is 5.80. The number of halogens is 1. The summed E-state index contributed by atoms with van der Waals surface area (Å²) in [6, 6.07) is 7.38. The van der Waals surface area contributed by atoms with Gasteiger partial charge in [-0.05, 0) is 43.0 Å². The van der Waals surface area contributed by atoms with E-state index in [1.807, 2.05) is 0 Å². The molecule has 1 aromatic carbocycles. The molecule has 0 aliphatic heterocycles. The maximum atomic E-state index is 9.98. The number of hydrogen-bond donors (Lipinski definition) is 3. The normalized spacial score (nSPS) is 23.8. The maximum absolute atomic E-state index is 9.98. The number of hydrogen-bond acceptors (Lipinski definition) is 4. The molecule has 3 unspecified atom stereocenters. The van der Waals surface area contributed by atoms with Gasteiger partial charge in [-0.2, -0.15) is 0 Å². The monoisotopic (exact) mass is 313 g/mol. The fourth-order valence-electron chi connectivity index (χ4n) is 2.76. The van der Waals surface area contributed by atoms with Crippen LogP contribution >= 0.6 is 11.6 Å². The van der Waals surface area contributed by atoms with Crippen LogP contribution < -0.4 is 10.1 Å². The Kier molecular flexibility index (Phi) is 6.77. The number of aliphatic hydroxyl groups excluding tert-OH is 2. The summed E-state index contributed by atoms with van der Waals surface area (Å²) in [4.78, 5) is 0. The number of benzene rings is 1. The summed E-state index contributed by atoms with van der Waals surface area (Å²) in [6.07, 6.45) is 3.93. The summed E-state index contributed by atoms with van der Waals surface area (Å²) in [6.45, 7) is 0.939. The smallest absolute Gasteiger partial charge is 0.119 e. The van der Waals surface area contributed by atoms with E-state index in [9.17, 15) is 10.2 Å². The molecule has 0 spiro atoms. The van der Waals surface area contributed by atoms with Crippen LogP contribution in [0.15, 0.2) is 24.3 Å². The van der Waals surface area contributed by atoms with Gasteiger partial charge in [0.2, 0.25) is 0 Å². The number of rotatable bonds is 7. The Hall–Kier alpha value is -0.810. The van der Waals surface area contributed by atoms with E-state index in [4.69, 9.17) is 16.3 Å². The molecule has 3 atom stereocenters. The van der Waals surface area contributed by atoms with Crippen molar-refractivity contribution in [3.05, 3.63) is 29.3 Å². The van der Waals surface area contributed by atoms with Gasteiger partial charge in [0.05, 0.1) is 0 Å². The summed E-state index contributed by atoms with van der Waals surface area (Å²) in [7, 11) is 0. The largest absolute Gasteiger partial charge is 0.491 e. The first-order valence-electron chi connectivity index (χ1n) is 7.59. The van der Waals surface area contributed by atoms with Gasteiger partial charge < -0.3 is 20.3 Å². The second kappa shape index (κ2) is 8.59. The number of nitrogens with one attached hydrogen (secondary N) is 1. The van der Waals surface area contributed by atoms with Gasteiger partial charge in [0.1, 0.15) is 18.5 Å². The molecule has 1 fully saturated rings. The molecule has 0 heterocycles. The third-order valence-electron chi connectivity index (χ3n) is 4.02. The standard InChI is InChI=1S/C16H24ClNO3/c17-13-5-7-15(8-6-13)21-11-14(20)9-18-16-4-2-1-3-12(16)10-19/h5-8,12,14,16,18-20H,1-4,9-11H2. The van der Waals surface area contributed by atoms with Crippen molar-refractivity contribution < 1.29 is 14.9 Å². The van der Waals surface area contributed by atoms with E-state index in [-0.39, 0.29) is 13.2 Å². The van der Waals surface area contributed by atoms with Crippen molar-refractivity contribution in [2.75, 3.05) is 19.8 Å². The van der Waals surface area contributed by atoms with Crippen molar-refractivity contribution in [3.8, 4) is 5.75 Å². The molecule has 118 valence electrons. The number of ether oxygens (including phenoxy) is 1. The van der Waals surface area contributed by atoms with E-state index in [1.54, 1.807) is 24.3 Å². The highest BCUT2D eigenvalue weighted by Gasteiger charge is 2.24. The summed E-state index contributed by atoms with van der Waals surface area (Å²) < 4.78 is 5.52.